The highest BCUT2D eigenvalue weighted by molar-refractivity contribution is 6.17. The highest BCUT2D eigenvalue weighted by Gasteiger charge is 2.32. The van der Waals surface area contributed by atoms with E-state index in [2.05, 4.69) is 39.1 Å². The quantitative estimate of drug-likeness (QED) is 0.833. The molecule has 5 rings (SSSR count). The van der Waals surface area contributed by atoms with Gasteiger partial charge >= 0.3 is 0 Å². The summed E-state index contributed by atoms with van der Waals surface area (Å²) in [4.78, 5) is 21.0. The summed E-state index contributed by atoms with van der Waals surface area (Å²) in [5.41, 5.74) is 7.72. The van der Waals surface area contributed by atoms with Crippen LogP contribution in [-0.4, -0.2) is 42.0 Å². The van der Waals surface area contributed by atoms with Gasteiger partial charge in [0.2, 0.25) is 0 Å². The van der Waals surface area contributed by atoms with E-state index in [-0.39, 0.29) is 0 Å². The summed E-state index contributed by atoms with van der Waals surface area (Å²) in [5.74, 6) is 3.64. The fraction of sp³-hybridized carbons (Fsp3) is 0.217. The van der Waals surface area contributed by atoms with Gasteiger partial charge in [-0.15, -0.1) is 6.42 Å². The Balaban J connectivity index is 1.66. The smallest absolute Gasteiger partial charge is 0.123 e. The van der Waals surface area contributed by atoms with Gasteiger partial charge in [0, 0.05) is 23.7 Å². The number of aliphatic imine (C=N–C) groups is 3. The van der Waals surface area contributed by atoms with Gasteiger partial charge in [0.25, 0.3) is 0 Å². The van der Waals surface area contributed by atoms with Gasteiger partial charge in [0.15, 0.2) is 0 Å². The number of amidine groups is 1. The molecule has 6 heteroatoms. The molecule has 1 N–H and O–H groups in total. The number of rotatable bonds is 3. The summed E-state index contributed by atoms with van der Waals surface area (Å²) in [7, 11) is 0. The lowest BCUT2D eigenvalue weighted by Crippen LogP contribution is -2.25. The van der Waals surface area contributed by atoms with E-state index >= 15 is 0 Å². The molecule has 0 spiro atoms. The lowest BCUT2D eigenvalue weighted by molar-refractivity contribution is 0.871. The highest BCUT2D eigenvalue weighted by atomic mass is 15.3. The van der Waals surface area contributed by atoms with Crippen molar-refractivity contribution in [2.24, 2.45) is 15.0 Å². The molecular formula is C23H20N6. The summed E-state index contributed by atoms with van der Waals surface area (Å²) < 4.78 is 0. The number of benzene rings is 1. The molecule has 0 saturated carbocycles. The van der Waals surface area contributed by atoms with E-state index in [9.17, 15) is 0 Å². The molecule has 3 aliphatic rings. The summed E-state index contributed by atoms with van der Waals surface area (Å²) in [6.45, 7) is 3.89. The first kappa shape index (κ1) is 17.4. The number of anilines is 1. The second-order valence-electron chi connectivity index (χ2n) is 6.99. The second kappa shape index (κ2) is 7.02. The topological polar surface area (TPSA) is 65.2 Å². The molecule has 2 aromatic rings. The monoisotopic (exact) mass is 380 g/mol. The number of terminal acetylenes is 1. The Morgan fingerprint density at radius 1 is 1.17 bits per heavy atom. The third kappa shape index (κ3) is 2.92. The van der Waals surface area contributed by atoms with Crippen molar-refractivity contribution in [1.82, 2.24) is 10.3 Å². The molecule has 1 aromatic heterocycles. The van der Waals surface area contributed by atoms with Crippen LogP contribution in [0.25, 0.3) is 0 Å². The molecule has 29 heavy (non-hydrogen) atoms. The maximum atomic E-state index is 5.67. The van der Waals surface area contributed by atoms with E-state index < -0.39 is 0 Å². The first-order valence-electron chi connectivity index (χ1n) is 9.71. The van der Waals surface area contributed by atoms with Crippen LogP contribution in [0.2, 0.25) is 0 Å². The zero-order chi connectivity index (χ0) is 19.8. The number of aromatic nitrogens is 1. The molecule has 0 radical (unpaired) electrons. The summed E-state index contributed by atoms with van der Waals surface area (Å²) >= 11 is 0. The van der Waals surface area contributed by atoms with E-state index in [0.717, 1.165) is 57.6 Å². The number of pyridine rings is 1. The minimum absolute atomic E-state index is 0.536. The third-order valence-electron chi connectivity index (χ3n) is 5.31. The first-order valence-corrected chi connectivity index (χ1v) is 9.71. The Morgan fingerprint density at radius 3 is 2.86 bits per heavy atom. The van der Waals surface area contributed by atoms with Gasteiger partial charge in [-0.25, -0.2) is 4.99 Å². The van der Waals surface area contributed by atoms with Crippen LogP contribution < -0.4 is 10.2 Å². The van der Waals surface area contributed by atoms with Crippen LogP contribution in [0.4, 0.5) is 5.69 Å². The number of nitrogens with zero attached hydrogens (tertiary/aromatic N) is 5. The van der Waals surface area contributed by atoms with Crippen LogP contribution in [0.1, 0.15) is 30.2 Å². The maximum Gasteiger partial charge on any atom is 0.123 e. The molecule has 142 valence electrons. The average Bonchev–Trinajstić information content (AvgIpc) is 3.38. The number of hydrogen-bond donors (Lipinski definition) is 1. The number of fused-ring (bicyclic) bond motifs is 3. The SMILES string of the molecule is C#Cc1ccc2c(c1)C(c1ccccn1)=NCC1=C(C3=NC(CC)=NC3)NCN12. The van der Waals surface area contributed by atoms with Gasteiger partial charge in [0.1, 0.15) is 5.84 Å². The molecule has 0 bridgehead atoms. The van der Waals surface area contributed by atoms with Crippen molar-refractivity contribution in [2.45, 2.75) is 13.3 Å². The van der Waals surface area contributed by atoms with Crippen LogP contribution in [0.3, 0.4) is 0 Å². The fourth-order valence-corrected chi connectivity index (χ4v) is 3.88. The molecule has 0 fully saturated rings. The maximum absolute atomic E-state index is 5.67. The largest absolute Gasteiger partial charge is 0.364 e. The van der Waals surface area contributed by atoms with Crippen molar-refractivity contribution in [3.63, 3.8) is 0 Å². The average molecular weight is 380 g/mol. The Kier molecular flexibility index (Phi) is 4.21. The van der Waals surface area contributed by atoms with Gasteiger partial charge < -0.3 is 10.2 Å². The molecule has 0 amide bonds. The van der Waals surface area contributed by atoms with E-state index in [4.69, 9.17) is 16.4 Å². The lowest BCUT2D eigenvalue weighted by atomic mass is 10.0. The van der Waals surface area contributed by atoms with Crippen LogP contribution in [-0.2, 0) is 0 Å². The molecule has 3 aliphatic heterocycles. The van der Waals surface area contributed by atoms with Crippen molar-refractivity contribution >= 4 is 22.9 Å². The number of hydrogen-bond acceptors (Lipinski definition) is 6. The Hall–Kier alpha value is -3.72. The molecule has 4 heterocycles. The molecule has 1 aromatic carbocycles. The zero-order valence-corrected chi connectivity index (χ0v) is 16.2. The van der Waals surface area contributed by atoms with Crippen LogP contribution in [0.15, 0.2) is 69.0 Å². The van der Waals surface area contributed by atoms with Crippen LogP contribution in [0, 0.1) is 12.3 Å². The predicted octanol–water partition coefficient (Wildman–Crippen LogP) is 2.76. The van der Waals surface area contributed by atoms with Crippen molar-refractivity contribution in [1.29, 1.82) is 0 Å². The van der Waals surface area contributed by atoms with E-state index in [1.165, 1.54) is 0 Å². The molecule has 0 saturated heterocycles. The summed E-state index contributed by atoms with van der Waals surface area (Å²) in [6.07, 6.45) is 8.31. The lowest BCUT2D eigenvalue weighted by Gasteiger charge is -2.21. The highest BCUT2D eigenvalue weighted by Crippen LogP contribution is 2.33. The Morgan fingerprint density at radius 2 is 2.10 bits per heavy atom. The Bertz CT molecular complexity index is 1150. The van der Waals surface area contributed by atoms with Crippen molar-refractivity contribution in [2.75, 3.05) is 24.7 Å². The van der Waals surface area contributed by atoms with Crippen molar-refractivity contribution in [3.8, 4) is 12.3 Å². The van der Waals surface area contributed by atoms with Gasteiger partial charge in [-0.1, -0.05) is 18.9 Å². The molecule has 6 nitrogen and oxygen atoms in total. The number of nitrogens with one attached hydrogen (secondary N) is 1. The van der Waals surface area contributed by atoms with Crippen molar-refractivity contribution in [3.05, 3.63) is 70.8 Å². The third-order valence-corrected chi connectivity index (χ3v) is 5.31. The van der Waals surface area contributed by atoms with Gasteiger partial charge in [0.05, 0.1) is 54.0 Å². The molecule has 0 unspecified atom stereocenters. The zero-order valence-electron chi connectivity index (χ0n) is 16.2. The Labute approximate surface area is 169 Å². The summed E-state index contributed by atoms with van der Waals surface area (Å²) in [5, 5.41) is 3.51. The van der Waals surface area contributed by atoms with E-state index in [1.807, 2.05) is 30.3 Å². The first-order chi connectivity index (χ1) is 14.3. The molecule has 0 aliphatic carbocycles. The van der Waals surface area contributed by atoms with E-state index in [0.29, 0.717) is 19.8 Å². The standard InChI is InChI=1S/C23H20N6/c1-3-15-8-9-19-16(11-15)22(17-7-5-6-10-24-17)26-13-20-23(27-14-29(19)20)18-12-25-21(4-2)28-18/h1,5-11,27H,4,12-14H2,2H3. The van der Waals surface area contributed by atoms with Gasteiger partial charge in [-0.05, 0) is 30.3 Å². The predicted molar refractivity (Wildman–Crippen MR) is 117 cm³/mol. The normalized spacial score (nSPS) is 17.5. The minimum atomic E-state index is 0.536. The summed E-state index contributed by atoms with van der Waals surface area (Å²) in [6, 6.07) is 11.9. The van der Waals surface area contributed by atoms with E-state index in [1.54, 1.807) is 6.20 Å². The van der Waals surface area contributed by atoms with Crippen molar-refractivity contribution < 1.29 is 0 Å². The minimum Gasteiger partial charge on any atom is -0.364 e. The van der Waals surface area contributed by atoms with Crippen LogP contribution >= 0.6 is 0 Å². The van der Waals surface area contributed by atoms with Gasteiger partial charge in [-0.3, -0.25) is 15.0 Å². The molecular weight excluding hydrogens is 360 g/mol. The van der Waals surface area contributed by atoms with Crippen LogP contribution in [0.5, 0.6) is 0 Å². The second-order valence-corrected chi connectivity index (χ2v) is 6.99. The molecule has 0 atom stereocenters. The fourth-order valence-electron chi connectivity index (χ4n) is 3.88. The van der Waals surface area contributed by atoms with Gasteiger partial charge in [-0.2, -0.15) is 0 Å².